The summed E-state index contributed by atoms with van der Waals surface area (Å²) in [7, 11) is 0. The van der Waals surface area contributed by atoms with E-state index in [2.05, 4.69) is 0 Å². The molecular weight excluding hydrogens is 336 g/mol. The van der Waals surface area contributed by atoms with Gasteiger partial charge in [0.1, 0.15) is 5.75 Å². The second kappa shape index (κ2) is 7.04. The first kappa shape index (κ1) is 17.0. The average molecular weight is 354 g/mol. The second-order valence-electron chi connectivity index (χ2n) is 6.55. The topological polar surface area (TPSA) is 43.4 Å². The van der Waals surface area contributed by atoms with Gasteiger partial charge in [-0.05, 0) is 35.4 Å². The Hall–Kier alpha value is -3.46. The van der Waals surface area contributed by atoms with Crippen LogP contribution in [0.3, 0.4) is 0 Å². The van der Waals surface area contributed by atoms with Crippen LogP contribution < -0.4 is 10.2 Å². The lowest BCUT2D eigenvalue weighted by Crippen LogP contribution is -2.16. The number of fused-ring (bicyclic) bond motifs is 2. The minimum atomic E-state index is -0.440. The Labute approximate surface area is 156 Å². The minimum Gasteiger partial charge on any atom is -0.426 e. The van der Waals surface area contributed by atoms with E-state index in [9.17, 15) is 9.59 Å². The van der Waals surface area contributed by atoms with Crippen LogP contribution in [0.15, 0.2) is 89.7 Å². The third-order valence-electron chi connectivity index (χ3n) is 4.78. The molecule has 0 saturated carbocycles. The van der Waals surface area contributed by atoms with Gasteiger partial charge in [-0.25, -0.2) is 0 Å². The fraction of sp³-hybridized carbons (Fsp3) is 0.0833. The SMILES string of the molecule is CC(C(=O)Oc1ccccc1)c1ccc2c(=O)c3ccccc3ccc2c1. The number of hydrogen-bond donors (Lipinski definition) is 0. The maximum absolute atomic E-state index is 12.9. The molecule has 4 rings (SSSR count). The van der Waals surface area contributed by atoms with Gasteiger partial charge in [0.15, 0.2) is 5.43 Å². The Balaban J connectivity index is 1.74. The zero-order valence-electron chi connectivity index (χ0n) is 14.9. The molecule has 1 unspecified atom stereocenters. The van der Waals surface area contributed by atoms with Crippen molar-refractivity contribution < 1.29 is 9.53 Å². The molecule has 0 aliphatic rings. The number of carbonyl (C=O) groups is 1. The van der Waals surface area contributed by atoms with E-state index in [4.69, 9.17) is 4.74 Å². The number of para-hydroxylation sites is 1. The van der Waals surface area contributed by atoms with E-state index >= 15 is 0 Å². The van der Waals surface area contributed by atoms with Gasteiger partial charge in [-0.15, -0.1) is 0 Å². The van der Waals surface area contributed by atoms with Crippen molar-refractivity contribution in [3.05, 3.63) is 101 Å². The normalized spacial score (nSPS) is 12.0. The molecule has 0 aromatic heterocycles. The lowest BCUT2D eigenvalue weighted by Gasteiger charge is -2.12. The molecule has 0 fully saturated rings. The van der Waals surface area contributed by atoms with Crippen LogP contribution in [0.25, 0.3) is 21.5 Å². The maximum atomic E-state index is 12.9. The summed E-state index contributed by atoms with van der Waals surface area (Å²) in [6.45, 7) is 1.81. The predicted molar refractivity (Wildman–Crippen MR) is 108 cm³/mol. The molecule has 132 valence electrons. The average Bonchev–Trinajstić information content (AvgIpc) is 2.85. The summed E-state index contributed by atoms with van der Waals surface area (Å²) < 4.78 is 5.45. The predicted octanol–water partition coefficient (Wildman–Crippen LogP) is 5.06. The molecule has 0 aliphatic carbocycles. The molecule has 0 amide bonds. The maximum Gasteiger partial charge on any atom is 0.318 e. The van der Waals surface area contributed by atoms with E-state index in [1.807, 2.05) is 73.7 Å². The zero-order valence-corrected chi connectivity index (χ0v) is 14.9. The Bertz CT molecular complexity index is 1200. The van der Waals surface area contributed by atoms with Gasteiger partial charge in [0.05, 0.1) is 5.92 Å². The quantitative estimate of drug-likeness (QED) is 0.381. The van der Waals surface area contributed by atoms with Crippen LogP contribution in [0.1, 0.15) is 18.4 Å². The Morgan fingerprint density at radius 1 is 0.778 bits per heavy atom. The van der Waals surface area contributed by atoms with E-state index in [-0.39, 0.29) is 11.4 Å². The molecule has 27 heavy (non-hydrogen) atoms. The van der Waals surface area contributed by atoms with E-state index < -0.39 is 5.92 Å². The molecule has 3 heteroatoms. The minimum absolute atomic E-state index is 0.00309. The van der Waals surface area contributed by atoms with Crippen molar-refractivity contribution >= 4 is 27.5 Å². The number of ether oxygens (including phenoxy) is 1. The molecule has 0 heterocycles. The highest BCUT2D eigenvalue weighted by Gasteiger charge is 2.18. The van der Waals surface area contributed by atoms with Gasteiger partial charge in [0.25, 0.3) is 0 Å². The van der Waals surface area contributed by atoms with Gasteiger partial charge in [-0.2, -0.15) is 0 Å². The number of benzene rings is 3. The van der Waals surface area contributed by atoms with Crippen LogP contribution in [-0.4, -0.2) is 5.97 Å². The molecule has 0 aliphatic heterocycles. The summed E-state index contributed by atoms with van der Waals surface area (Å²) in [5.41, 5.74) is 0.815. The molecule has 0 radical (unpaired) electrons. The number of rotatable bonds is 3. The number of hydrogen-bond acceptors (Lipinski definition) is 3. The third-order valence-corrected chi connectivity index (χ3v) is 4.78. The van der Waals surface area contributed by atoms with Gasteiger partial charge in [0.2, 0.25) is 0 Å². The van der Waals surface area contributed by atoms with Crippen LogP contribution in [0.4, 0.5) is 0 Å². The van der Waals surface area contributed by atoms with Crippen molar-refractivity contribution in [2.24, 2.45) is 0 Å². The highest BCUT2D eigenvalue weighted by molar-refractivity contribution is 5.94. The number of carbonyl (C=O) groups excluding carboxylic acids is 1. The highest BCUT2D eigenvalue weighted by atomic mass is 16.5. The van der Waals surface area contributed by atoms with Crippen molar-refractivity contribution in [1.82, 2.24) is 0 Å². The van der Waals surface area contributed by atoms with E-state index in [0.717, 1.165) is 16.3 Å². The number of esters is 1. The summed E-state index contributed by atoms with van der Waals surface area (Å²) in [5.74, 6) is -0.243. The van der Waals surface area contributed by atoms with Crippen molar-refractivity contribution in [2.75, 3.05) is 0 Å². The molecule has 3 nitrogen and oxygen atoms in total. The van der Waals surface area contributed by atoms with Gasteiger partial charge in [-0.1, -0.05) is 72.8 Å². The van der Waals surface area contributed by atoms with Gasteiger partial charge in [-0.3, -0.25) is 9.59 Å². The fourth-order valence-electron chi connectivity index (χ4n) is 3.20. The Kier molecular flexibility index (Phi) is 4.43. The van der Waals surface area contributed by atoms with Crippen LogP contribution in [-0.2, 0) is 4.79 Å². The highest BCUT2D eigenvalue weighted by Crippen LogP contribution is 2.23. The standard InChI is InChI=1S/C24H18O3/c1-16(24(26)27-20-8-3-2-4-9-20)18-13-14-22-19(15-18)12-11-17-7-5-6-10-21(17)23(22)25/h2-16H,1H3. The van der Waals surface area contributed by atoms with Crippen LogP contribution >= 0.6 is 0 Å². The van der Waals surface area contributed by atoms with Crippen molar-refractivity contribution in [3.8, 4) is 5.75 Å². The molecule has 4 aromatic carbocycles. The van der Waals surface area contributed by atoms with Crippen molar-refractivity contribution in [1.29, 1.82) is 0 Å². The summed E-state index contributed by atoms with van der Waals surface area (Å²) in [6, 6.07) is 26.0. The summed E-state index contributed by atoms with van der Waals surface area (Å²) in [6.07, 6.45) is 0. The first-order valence-corrected chi connectivity index (χ1v) is 8.86. The molecule has 0 saturated heterocycles. The molecule has 0 bridgehead atoms. The van der Waals surface area contributed by atoms with Crippen molar-refractivity contribution in [3.63, 3.8) is 0 Å². The first-order valence-electron chi connectivity index (χ1n) is 8.86. The summed E-state index contributed by atoms with van der Waals surface area (Å²) >= 11 is 0. The van der Waals surface area contributed by atoms with Crippen LogP contribution in [0.2, 0.25) is 0 Å². The van der Waals surface area contributed by atoms with E-state index in [0.29, 0.717) is 16.5 Å². The Morgan fingerprint density at radius 3 is 2.26 bits per heavy atom. The van der Waals surface area contributed by atoms with Crippen LogP contribution in [0, 0.1) is 0 Å². The zero-order chi connectivity index (χ0) is 18.8. The largest absolute Gasteiger partial charge is 0.426 e. The monoisotopic (exact) mass is 354 g/mol. The lowest BCUT2D eigenvalue weighted by atomic mass is 9.98. The van der Waals surface area contributed by atoms with Crippen molar-refractivity contribution in [2.45, 2.75) is 12.8 Å². The smallest absolute Gasteiger partial charge is 0.318 e. The van der Waals surface area contributed by atoms with Gasteiger partial charge in [0, 0.05) is 10.8 Å². The third kappa shape index (κ3) is 3.32. The second-order valence-corrected chi connectivity index (χ2v) is 6.55. The molecule has 0 N–H and O–H groups in total. The summed E-state index contributed by atoms with van der Waals surface area (Å²) in [4.78, 5) is 25.3. The lowest BCUT2D eigenvalue weighted by molar-refractivity contribution is -0.135. The molecule has 4 aromatic rings. The van der Waals surface area contributed by atoms with E-state index in [1.54, 1.807) is 18.2 Å². The van der Waals surface area contributed by atoms with Crippen LogP contribution in [0.5, 0.6) is 5.75 Å². The van der Waals surface area contributed by atoms with Gasteiger partial charge < -0.3 is 4.74 Å². The molecule has 1 atom stereocenters. The van der Waals surface area contributed by atoms with E-state index in [1.165, 1.54) is 0 Å². The Morgan fingerprint density at radius 2 is 1.44 bits per heavy atom. The molecule has 0 spiro atoms. The summed E-state index contributed by atoms with van der Waals surface area (Å²) in [5, 5.41) is 3.05. The first-order chi connectivity index (χ1) is 13.1. The fourth-order valence-corrected chi connectivity index (χ4v) is 3.20. The molecular formula is C24H18O3. The van der Waals surface area contributed by atoms with Gasteiger partial charge >= 0.3 is 5.97 Å².